The van der Waals surface area contributed by atoms with Crippen LogP contribution in [-0.4, -0.2) is 11.7 Å². The van der Waals surface area contributed by atoms with Gasteiger partial charge in [-0.1, -0.05) is 167 Å². The minimum Gasteiger partial charge on any atom is -0.657 e. The molecule has 8 aromatic rings. The second-order valence-corrected chi connectivity index (χ2v) is 15.9. The number of nitrogens with zero attached hydrogens (tertiary/aromatic N) is 2. The number of fused-ring (bicyclic) bond motifs is 3. The Bertz CT molecular complexity index is 2470. The molecule has 0 amide bonds. The maximum Gasteiger partial charge on any atom is 3.00 e. The molecule has 53 heavy (non-hydrogen) atoms. The van der Waals surface area contributed by atoms with E-state index in [1.54, 1.807) is 0 Å². The molecular formula is C49H42AuBN2. The van der Waals surface area contributed by atoms with E-state index in [4.69, 9.17) is 9.97 Å². The topological polar surface area (TPSA) is 27.0 Å². The first-order valence-corrected chi connectivity index (χ1v) is 18.2. The molecule has 0 saturated carbocycles. The molecule has 0 saturated heterocycles. The summed E-state index contributed by atoms with van der Waals surface area (Å²) in [4.78, 5) is 10.9. The molecule has 4 heteroatoms. The van der Waals surface area contributed by atoms with Crippen molar-refractivity contribution in [2.24, 2.45) is 0 Å². The number of benzene rings is 6. The number of hydrogen-bond acceptors (Lipinski definition) is 1. The first-order chi connectivity index (χ1) is 25.0. The Morgan fingerprint density at radius 3 is 1.94 bits per heavy atom. The van der Waals surface area contributed by atoms with Gasteiger partial charge in [-0.3, -0.25) is 0 Å². The molecule has 0 spiro atoms. The molecule has 8 rings (SSSR count). The maximum absolute atomic E-state index is 5.50. The van der Waals surface area contributed by atoms with Crippen LogP contribution in [0.3, 0.4) is 0 Å². The molecule has 6 aromatic carbocycles. The quantitative estimate of drug-likeness (QED) is 0.123. The van der Waals surface area contributed by atoms with Crippen molar-refractivity contribution < 1.29 is 22.4 Å². The largest absolute Gasteiger partial charge is 3.00 e. The number of rotatable bonds is 6. The molecule has 0 aliphatic heterocycles. The van der Waals surface area contributed by atoms with Crippen LogP contribution >= 0.6 is 0 Å². The molecule has 0 aliphatic rings. The van der Waals surface area contributed by atoms with Gasteiger partial charge >= 0.3 is 22.4 Å². The van der Waals surface area contributed by atoms with Crippen LogP contribution in [0.2, 0.25) is 0 Å². The van der Waals surface area contributed by atoms with Crippen LogP contribution in [0, 0.1) is 12.1 Å². The molecule has 262 valence electrons. The summed E-state index contributed by atoms with van der Waals surface area (Å²) in [6.07, 6.45) is 0. The van der Waals surface area contributed by atoms with E-state index in [1.807, 2.05) is 12.1 Å². The molecule has 0 unspecified atom stereocenters. The third-order valence-corrected chi connectivity index (χ3v) is 10.2. The second kappa shape index (κ2) is 14.5. The summed E-state index contributed by atoms with van der Waals surface area (Å²) in [6, 6.07) is 58.9. The van der Waals surface area contributed by atoms with Crippen molar-refractivity contribution in [2.45, 2.75) is 52.4 Å². The molecule has 0 N–H and O–H groups in total. The minimum atomic E-state index is -0.142. The van der Waals surface area contributed by atoms with Gasteiger partial charge in [0.2, 0.25) is 0 Å². The summed E-state index contributed by atoms with van der Waals surface area (Å²) in [5.41, 5.74) is 14.1. The van der Waals surface area contributed by atoms with Crippen molar-refractivity contribution in [1.29, 1.82) is 0 Å². The van der Waals surface area contributed by atoms with Gasteiger partial charge < -0.3 is 9.97 Å². The van der Waals surface area contributed by atoms with E-state index in [1.165, 1.54) is 32.8 Å². The zero-order chi connectivity index (χ0) is 36.0. The molecule has 0 fully saturated rings. The SMILES string of the molecule is CC(C)(C)c1ccc2[n-]c3c(B(c4ccccc4)c4cccc(-c5[c-]c(-c6[c-]cccc6)cc(-c6ccccc6)c5)n4)cc(C(C)(C)C)cc3c2c1.[Au+3]. The van der Waals surface area contributed by atoms with Crippen LogP contribution in [0.1, 0.15) is 52.7 Å². The van der Waals surface area contributed by atoms with Gasteiger partial charge in [-0.25, -0.2) is 5.56 Å². The summed E-state index contributed by atoms with van der Waals surface area (Å²) >= 11 is 0. The molecule has 2 nitrogen and oxygen atoms in total. The van der Waals surface area contributed by atoms with E-state index in [0.717, 1.165) is 50.1 Å². The predicted molar refractivity (Wildman–Crippen MR) is 221 cm³/mol. The Hall–Kier alpha value is -4.92. The van der Waals surface area contributed by atoms with Crippen molar-refractivity contribution in [2.75, 3.05) is 0 Å². The van der Waals surface area contributed by atoms with Crippen molar-refractivity contribution >= 4 is 45.0 Å². The van der Waals surface area contributed by atoms with E-state index < -0.39 is 0 Å². The van der Waals surface area contributed by atoms with Gasteiger partial charge in [0.15, 0.2) is 0 Å². The zero-order valence-corrected chi connectivity index (χ0v) is 33.3. The van der Waals surface area contributed by atoms with Crippen LogP contribution in [0.25, 0.3) is 55.3 Å². The Morgan fingerprint density at radius 1 is 0.566 bits per heavy atom. The fourth-order valence-corrected chi connectivity index (χ4v) is 7.20. The summed E-state index contributed by atoms with van der Waals surface area (Å²) < 4.78 is 0. The van der Waals surface area contributed by atoms with Gasteiger partial charge in [0.1, 0.15) is 0 Å². The van der Waals surface area contributed by atoms with Crippen LogP contribution in [0.5, 0.6) is 0 Å². The Labute approximate surface area is 330 Å². The zero-order valence-electron chi connectivity index (χ0n) is 31.1. The normalized spacial score (nSPS) is 11.8. The molecule has 2 heterocycles. The average molecular weight is 867 g/mol. The monoisotopic (exact) mass is 866 g/mol. The van der Waals surface area contributed by atoms with E-state index >= 15 is 0 Å². The van der Waals surface area contributed by atoms with E-state index in [2.05, 4.69) is 187 Å². The van der Waals surface area contributed by atoms with Crippen molar-refractivity contribution in [3.8, 4) is 33.5 Å². The maximum atomic E-state index is 5.50. The number of pyridine rings is 1. The van der Waals surface area contributed by atoms with Crippen molar-refractivity contribution in [3.05, 3.63) is 169 Å². The van der Waals surface area contributed by atoms with Crippen molar-refractivity contribution in [1.82, 2.24) is 9.97 Å². The second-order valence-electron chi connectivity index (χ2n) is 15.9. The molecule has 0 aliphatic carbocycles. The number of aromatic nitrogens is 2. The molecule has 0 atom stereocenters. The Kier molecular flexibility index (Phi) is 9.95. The molecule has 2 aromatic heterocycles. The van der Waals surface area contributed by atoms with E-state index in [-0.39, 0.29) is 39.9 Å². The summed E-state index contributed by atoms with van der Waals surface area (Å²) in [5, 5.41) is 2.41. The van der Waals surface area contributed by atoms with Gasteiger partial charge in [0.05, 0.1) is 0 Å². The van der Waals surface area contributed by atoms with Crippen LogP contribution < -0.4 is 21.5 Å². The molecule has 0 bridgehead atoms. The smallest absolute Gasteiger partial charge is 0.657 e. The van der Waals surface area contributed by atoms with Gasteiger partial charge in [0.25, 0.3) is 6.71 Å². The Balaban J connectivity index is 0.00000435. The summed E-state index contributed by atoms with van der Waals surface area (Å²) in [5.74, 6) is 0. The number of hydrogen-bond donors (Lipinski definition) is 0. The fourth-order valence-electron chi connectivity index (χ4n) is 7.20. The fraction of sp³-hybridized carbons (Fsp3) is 0.163. The molecular weight excluding hydrogens is 824 g/mol. The third-order valence-electron chi connectivity index (χ3n) is 10.2. The summed E-state index contributed by atoms with van der Waals surface area (Å²) in [6.45, 7) is 13.6. The average Bonchev–Trinajstić information content (AvgIpc) is 3.54. The van der Waals surface area contributed by atoms with Crippen molar-refractivity contribution in [3.63, 3.8) is 0 Å². The van der Waals surface area contributed by atoms with Gasteiger partial charge in [-0.05, 0) is 38.3 Å². The minimum absolute atomic E-state index is 0. The van der Waals surface area contributed by atoms with Crippen LogP contribution in [-0.2, 0) is 33.2 Å². The Morgan fingerprint density at radius 2 is 1.25 bits per heavy atom. The predicted octanol–water partition coefficient (Wildman–Crippen LogP) is 10.1. The standard InChI is InChI=1S/C49H42BN2.Au/c1-48(2,3)38-25-26-45-41(30-38)42-31-39(49(4,5)6)32-43(47(42)52-45)50(40-21-14-9-15-22-40)46-24-16-23-44(51-46)37-28-35(33-17-10-7-11-18-33)27-36(29-37)34-19-12-8-13-20-34;/h7-19,21-28,30-32H,1-6H3;/q-3;+3. The van der Waals surface area contributed by atoms with E-state index in [0.29, 0.717) is 0 Å². The van der Waals surface area contributed by atoms with Crippen LogP contribution in [0.4, 0.5) is 0 Å². The summed E-state index contributed by atoms with van der Waals surface area (Å²) in [7, 11) is 0. The van der Waals surface area contributed by atoms with Crippen LogP contribution in [0.15, 0.2) is 146 Å². The first kappa shape index (κ1) is 36.4. The van der Waals surface area contributed by atoms with E-state index in [9.17, 15) is 0 Å². The first-order valence-electron chi connectivity index (χ1n) is 18.2. The third kappa shape index (κ3) is 7.35. The van der Waals surface area contributed by atoms with Gasteiger partial charge in [0, 0.05) is 11.3 Å². The van der Waals surface area contributed by atoms with Gasteiger partial charge in [-0.2, -0.15) is 42.0 Å². The van der Waals surface area contributed by atoms with Gasteiger partial charge in [-0.15, -0.1) is 28.7 Å². The molecule has 0 radical (unpaired) electrons.